The van der Waals surface area contributed by atoms with Crippen LogP contribution in [-0.4, -0.2) is 22.9 Å². The van der Waals surface area contributed by atoms with Crippen molar-refractivity contribution in [1.82, 2.24) is 15.1 Å². The molecule has 1 N–H and O–H groups in total. The molecule has 0 saturated carbocycles. The van der Waals surface area contributed by atoms with Crippen LogP contribution in [0.2, 0.25) is 0 Å². The van der Waals surface area contributed by atoms with E-state index in [4.69, 9.17) is 0 Å². The van der Waals surface area contributed by atoms with Gasteiger partial charge in [-0.3, -0.25) is 4.68 Å². The van der Waals surface area contributed by atoms with Crippen molar-refractivity contribution in [3.63, 3.8) is 0 Å². The highest BCUT2D eigenvalue weighted by molar-refractivity contribution is 5.00. The van der Waals surface area contributed by atoms with Crippen molar-refractivity contribution in [2.24, 2.45) is 5.92 Å². The first-order chi connectivity index (χ1) is 7.54. The number of nitrogens with one attached hydrogen (secondary N) is 1. The van der Waals surface area contributed by atoms with Gasteiger partial charge >= 0.3 is 0 Å². The van der Waals surface area contributed by atoms with Crippen LogP contribution in [-0.2, 0) is 6.42 Å². The molecular weight excluding hydrogens is 198 g/mol. The van der Waals surface area contributed by atoms with Crippen molar-refractivity contribution < 1.29 is 0 Å². The van der Waals surface area contributed by atoms with Crippen LogP contribution < -0.4 is 5.32 Å². The lowest BCUT2D eigenvalue weighted by atomic mass is 9.99. The second-order valence-corrected chi connectivity index (χ2v) is 5.06. The van der Waals surface area contributed by atoms with Crippen LogP contribution in [0, 0.1) is 5.92 Å². The minimum atomic E-state index is 0.457. The van der Waals surface area contributed by atoms with Crippen molar-refractivity contribution in [2.45, 2.75) is 52.6 Å². The van der Waals surface area contributed by atoms with Crippen LogP contribution in [0.5, 0.6) is 0 Å². The van der Waals surface area contributed by atoms with E-state index in [0.29, 0.717) is 18.0 Å². The summed E-state index contributed by atoms with van der Waals surface area (Å²) < 4.78 is 2.03. The molecule has 1 rings (SSSR count). The maximum absolute atomic E-state index is 4.56. The summed E-state index contributed by atoms with van der Waals surface area (Å²) in [7, 11) is 2.04. The Labute approximate surface area is 99.2 Å². The summed E-state index contributed by atoms with van der Waals surface area (Å²) in [6.45, 7) is 8.82. The van der Waals surface area contributed by atoms with Gasteiger partial charge in [0, 0.05) is 18.3 Å². The monoisotopic (exact) mass is 223 g/mol. The Balaban J connectivity index is 2.47. The number of rotatable bonds is 6. The van der Waals surface area contributed by atoms with Crippen LogP contribution >= 0.6 is 0 Å². The summed E-state index contributed by atoms with van der Waals surface area (Å²) in [4.78, 5) is 0. The average molecular weight is 223 g/mol. The Morgan fingerprint density at radius 1 is 1.31 bits per heavy atom. The van der Waals surface area contributed by atoms with E-state index < -0.39 is 0 Å². The van der Waals surface area contributed by atoms with Gasteiger partial charge < -0.3 is 5.32 Å². The van der Waals surface area contributed by atoms with Gasteiger partial charge in [-0.05, 0) is 45.7 Å². The number of aryl methyl sites for hydroxylation is 1. The molecule has 3 heteroatoms. The number of aromatic nitrogens is 2. The van der Waals surface area contributed by atoms with E-state index in [1.807, 2.05) is 11.7 Å². The molecular formula is C13H25N3. The third-order valence-electron chi connectivity index (χ3n) is 3.08. The smallest absolute Gasteiger partial charge is 0.0625 e. The lowest BCUT2D eigenvalue weighted by Crippen LogP contribution is -2.31. The minimum absolute atomic E-state index is 0.457. The highest BCUT2D eigenvalue weighted by atomic mass is 15.3. The highest BCUT2D eigenvalue weighted by Gasteiger charge is 2.11. The molecule has 0 aliphatic rings. The second kappa shape index (κ2) is 6.04. The zero-order chi connectivity index (χ0) is 12.1. The summed E-state index contributed by atoms with van der Waals surface area (Å²) in [5.41, 5.74) is 1.20. The van der Waals surface area contributed by atoms with Crippen molar-refractivity contribution >= 4 is 0 Å². The Morgan fingerprint density at radius 3 is 2.44 bits per heavy atom. The standard InChI is InChI=1S/C13H25N3/c1-10(2)13(14-5)7-6-12-8-9-16(15-12)11(3)4/h8-11,13-14H,6-7H2,1-5H3. The number of nitrogens with zero attached hydrogens (tertiary/aromatic N) is 2. The van der Waals surface area contributed by atoms with Crippen molar-refractivity contribution in [3.05, 3.63) is 18.0 Å². The first-order valence-electron chi connectivity index (χ1n) is 6.26. The third-order valence-corrected chi connectivity index (χ3v) is 3.08. The summed E-state index contributed by atoms with van der Waals surface area (Å²) in [5, 5.41) is 7.93. The topological polar surface area (TPSA) is 29.9 Å². The fraction of sp³-hybridized carbons (Fsp3) is 0.769. The van der Waals surface area contributed by atoms with Gasteiger partial charge in [-0.2, -0.15) is 5.10 Å². The molecule has 1 aromatic rings. The molecule has 1 unspecified atom stereocenters. The Morgan fingerprint density at radius 2 is 2.00 bits per heavy atom. The van der Waals surface area contributed by atoms with Gasteiger partial charge in [0.2, 0.25) is 0 Å². The Bertz CT molecular complexity index is 302. The zero-order valence-electron chi connectivity index (χ0n) is 11.2. The molecule has 3 nitrogen and oxygen atoms in total. The molecule has 1 aromatic heterocycles. The van der Waals surface area contributed by atoms with Crippen LogP contribution in [0.15, 0.2) is 12.3 Å². The van der Waals surface area contributed by atoms with E-state index in [9.17, 15) is 0 Å². The first kappa shape index (κ1) is 13.2. The Kier molecular flexibility index (Phi) is 5.00. The molecule has 0 amide bonds. The molecule has 0 aliphatic heterocycles. The first-order valence-corrected chi connectivity index (χ1v) is 6.26. The SMILES string of the molecule is CNC(CCc1ccn(C(C)C)n1)C(C)C. The van der Waals surface area contributed by atoms with Crippen LogP contribution in [0.25, 0.3) is 0 Å². The minimum Gasteiger partial charge on any atom is -0.317 e. The predicted molar refractivity (Wildman–Crippen MR) is 68.6 cm³/mol. The maximum atomic E-state index is 4.56. The highest BCUT2D eigenvalue weighted by Crippen LogP contribution is 2.11. The van der Waals surface area contributed by atoms with Gasteiger partial charge in [-0.15, -0.1) is 0 Å². The van der Waals surface area contributed by atoms with Gasteiger partial charge in [0.25, 0.3) is 0 Å². The maximum Gasteiger partial charge on any atom is 0.0625 e. The van der Waals surface area contributed by atoms with Gasteiger partial charge in [-0.1, -0.05) is 13.8 Å². The van der Waals surface area contributed by atoms with Crippen LogP contribution in [0.4, 0.5) is 0 Å². The molecule has 1 heterocycles. The molecule has 0 aromatic carbocycles. The molecule has 0 spiro atoms. The second-order valence-electron chi connectivity index (χ2n) is 5.06. The van der Waals surface area contributed by atoms with Crippen LogP contribution in [0.3, 0.4) is 0 Å². The van der Waals surface area contributed by atoms with E-state index in [0.717, 1.165) is 12.8 Å². The van der Waals surface area contributed by atoms with Gasteiger partial charge in [0.15, 0.2) is 0 Å². The van der Waals surface area contributed by atoms with E-state index in [-0.39, 0.29) is 0 Å². The molecule has 16 heavy (non-hydrogen) atoms. The fourth-order valence-corrected chi connectivity index (χ4v) is 1.91. The summed E-state index contributed by atoms with van der Waals surface area (Å²) in [6.07, 6.45) is 4.29. The molecule has 0 aliphatic carbocycles. The van der Waals surface area contributed by atoms with Crippen LogP contribution in [0.1, 0.15) is 45.9 Å². The van der Waals surface area contributed by atoms with Crippen molar-refractivity contribution in [2.75, 3.05) is 7.05 Å². The third kappa shape index (κ3) is 3.63. The molecule has 92 valence electrons. The molecule has 0 saturated heterocycles. The molecule has 0 radical (unpaired) electrons. The predicted octanol–water partition coefficient (Wildman–Crippen LogP) is 2.64. The van der Waals surface area contributed by atoms with E-state index in [1.54, 1.807) is 0 Å². The van der Waals surface area contributed by atoms with Gasteiger partial charge in [0.1, 0.15) is 0 Å². The lowest BCUT2D eigenvalue weighted by Gasteiger charge is -2.19. The zero-order valence-corrected chi connectivity index (χ0v) is 11.2. The fourth-order valence-electron chi connectivity index (χ4n) is 1.91. The normalized spacial score (nSPS) is 13.7. The van der Waals surface area contributed by atoms with E-state index in [2.05, 4.69) is 50.4 Å². The average Bonchev–Trinajstić information content (AvgIpc) is 2.67. The van der Waals surface area contributed by atoms with E-state index in [1.165, 1.54) is 5.69 Å². The molecule has 0 bridgehead atoms. The summed E-state index contributed by atoms with van der Waals surface area (Å²) >= 11 is 0. The molecule has 0 fully saturated rings. The summed E-state index contributed by atoms with van der Waals surface area (Å²) in [5.74, 6) is 0.678. The van der Waals surface area contributed by atoms with E-state index >= 15 is 0 Å². The number of hydrogen-bond acceptors (Lipinski definition) is 2. The molecule has 1 atom stereocenters. The van der Waals surface area contributed by atoms with Gasteiger partial charge in [0.05, 0.1) is 5.69 Å². The van der Waals surface area contributed by atoms with Crippen molar-refractivity contribution in [1.29, 1.82) is 0 Å². The van der Waals surface area contributed by atoms with Crippen molar-refractivity contribution in [3.8, 4) is 0 Å². The van der Waals surface area contributed by atoms with Gasteiger partial charge in [-0.25, -0.2) is 0 Å². The largest absolute Gasteiger partial charge is 0.317 e. The Hall–Kier alpha value is -0.830. The number of hydrogen-bond donors (Lipinski definition) is 1. The summed E-state index contributed by atoms with van der Waals surface area (Å²) in [6, 6.07) is 3.18. The quantitative estimate of drug-likeness (QED) is 0.803. The lowest BCUT2D eigenvalue weighted by molar-refractivity contribution is 0.400.